The molecule has 6 nitrogen and oxygen atoms in total. The summed E-state index contributed by atoms with van der Waals surface area (Å²) in [6, 6.07) is 4.13. The van der Waals surface area contributed by atoms with Crippen molar-refractivity contribution >= 4 is 29.9 Å². The Morgan fingerprint density at radius 1 is 1.29 bits per heavy atom. The van der Waals surface area contributed by atoms with Crippen LogP contribution >= 0.6 is 24.0 Å². The van der Waals surface area contributed by atoms with Crippen LogP contribution in [0.3, 0.4) is 0 Å². The molecule has 162 valence electrons. The summed E-state index contributed by atoms with van der Waals surface area (Å²) < 4.78 is 11.2. The summed E-state index contributed by atoms with van der Waals surface area (Å²) >= 11 is 0. The number of ether oxygens (including phenoxy) is 1. The topological polar surface area (TPSA) is 62.0 Å². The molecule has 0 radical (unpaired) electrons. The van der Waals surface area contributed by atoms with Gasteiger partial charge in [0, 0.05) is 32.8 Å². The van der Waals surface area contributed by atoms with Gasteiger partial charge in [-0.15, -0.1) is 24.0 Å². The molecule has 0 aromatic carbocycles. The van der Waals surface area contributed by atoms with Gasteiger partial charge in [-0.25, -0.2) is 0 Å². The monoisotopic (exact) mass is 506 g/mol. The van der Waals surface area contributed by atoms with Gasteiger partial charge in [0.15, 0.2) is 5.96 Å². The van der Waals surface area contributed by atoms with E-state index in [0.717, 1.165) is 51.0 Å². The van der Waals surface area contributed by atoms with E-state index in [9.17, 15) is 0 Å². The lowest BCUT2D eigenvalue weighted by Crippen LogP contribution is -2.42. The van der Waals surface area contributed by atoms with E-state index in [1.807, 2.05) is 12.1 Å². The van der Waals surface area contributed by atoms with Crippen LogP contribution in [0.2, 0.25) is 0 Å². The molecule has 1 aliphatic rings. The number of aliphatic imine (C=N–C) groups is 1. The van der Waals surface area contributed by atoms with Crippen LogP contribution in [0.4, 0.5) is 0 Å². The Balaban J connectivity index is 0.00000392. The van der Waals surface area contributed by atoms with E-state index in [2.05, 4.69) is 43.5 Å². The van der Waals surface area contributed by atoms with Crippen molar-refractivity contribution < 1.29 is 9.15 Å². The minimum atomic E-state index is 0. The molecule has 1 aliphatic carbocycles. The van der Waals surface area contributed by atoms with Gasteiger partial charge in [0.2, 0.25) is 0 Å². The molecule has 2 N–H and O–H groups in total. The Morgan fingerprint density at radius 2 is 2.04 bits per heavy atom. The molecule has 1 saturated carbocycles. The number of nitrogens with zero attached hydrogens (tertiary/aromatic N) is 2. The van der Waals surface area contributed by atoms with Gasteiger partial charge in [0.25, 0.3) is 0 Å². The first-order valence-corrected chi connectivity index (χ1v) is 10.4. The highest BCUT2D eigenvalue weighted by atomic mass is 127. The maximum Gasteiger partial charge on any atom is 0.191 e. The van der Waals surface area contributed by atoms with Crippen LogP contribution in [0, 0.1) is 5.41 Å². The molecular formula is C21H39IN4O2. The fourth-order valence-corrected chi connectivity index (χ4v) is 3.85. The number of furan rings is 1. The molecule has 0 amide bonds. The van der Waals surface area contributed by atoms with Crippen LogP contribution in [-0.4, -0.2) is 57.8 Å². The second-order valence-corrected chi connectivity index (χ2v) is 7.72. The first kappa shape index (κ1) is 25.2. The molecule has 28 heavy (non-hydrogen) atoms. The first-order valence-electron chi connectivity index (χ1n) is 10.4. The molecular weight excluding hydrogens is 467 g/mol. The molecule has 0 spiro atoms. The van der Waals surface area contributed by atoms with Gasteiger partial charge in [0.05, 0.1) is 12.3 Å². The molecule has 0 bridgehead atoms. The number of nitrogens with one attached hydrogen (secondary N) is 2. The van der Waals surface area contributed by atoms with Crippen molar-refractivity contribution in [2.75, 3.05) is 46.9 Å². The van der Waals surface area contributed by atoms with Gasteiger partial charge in [0.1, 0.15) is 5.76 Å². The summed E-state index contributed by atoms with van der Waals surface area (Å²) in [6.07, 6.45) is 7.98. The highest BCUT2D eigenvalue weighted by molar-refractivity contribution is 14.0. The fourth-order valence-electron chi connectivity index (χ4n) is 3.85. The van der Waals surface area contributed by atoms with E-state index in [4.69, 9.17) is 14.1 Å². The van der Waals surface area contributed by atoms with E-state index in [1.54, 1.807) is 6.26 Å². The molecule has 2 rings (SSSR count). The standard InChI is InChI=1S/C21H38N4O2.HI/c1-5-22-20(23-16-18(25(3)4)19-10-9-14-27-19)24-17-21(11-7-8-12-21)13-15-26-6-2;/h9-10,14,18H,5-8,11-13,15-17H2,1-4H3,(H2,22,23,24);1H. The third-order valence-corrected chi connectivity index (χ3v) is 5.52. The van der Waals surface area contributed by atoms with E-state index < -0.39 is 0 Å². The third kappa shape index (κ3) is 7.91. The molecule has 0 saturated heterocycles. The van der Waals surface area contributed by atoms with Gasteiger partial charge in [-0.1, -0.05) is 12.8 Å². The Hall–Kier alpha value is -0.800. The van der Waals surface area contributed by atoms with Crippen molar-refractivity contribution in [3.63, 3.8) is 0 Å². The molecule has 1 heterocycles. The molecule has 1 fully saturated rings. The van der Waals surface area contributed by atoms with Crippen molar-refractivity contribution in [2.45, 2.75) is 52.0 Å². The van der Waals surface area contributed by atoms with Crippen molar-refractivity contribution in [3.05, 3.63) is 24.2 Å². The van der Waals surface area contributed by atoms with Crippen LogP contribution < -0.4 is 10.6 Å². The van der Waals surface area contributed by atoms with E-state index >= 15 is 0 Å². The molecule has 1 unspecified atom stereocenters. The quantitative estimate of drug-likeness (QED) is 0.205. The van der Waals surface area contributed by atoms with Gasteiger partial charge in [-0.2, -0.15) is 0 Å². The van der Waals surface area contributed by atoms with Crippen LogP contribution in [-0.2, 0) is 4.74 Å². The minimum Gasteiger partial charge on any atom is -0.468 e. The molecule has 7 heteroatoms. The van der Waals surface area contributed by atoms with Crippen molar-refractivity contribution in [3.8, 4) is 0 Å². The van der Waals surface area contributed by atoms with Gasteiger partial charge < -0.3 is 19.8 Å². The second-order valence-electron chi connectivity index (χ2n) is 7.72. The molecule has 1 aromatic rings. The zero-order valence-electron chi connectivity index (χ0n) is 18.0. The molecule has 0 aliphatic heterocycles. The summed E-state index contributed by atoms with van der Waals surface area (Å²) in [4.78, 5) is 7.11. The smallest absolute Gasteiger partial charge is 0.191 e. The molecule has 1 atom stereocenters. The predicted octanol–water partition coefficient (Wildman–Crippen LogP) is 4.04. The summed E-state index contributed by atoms with van der Waals surface area (Å²) in [6.45, 7) is 8.27. The Morgan fingerprint density at radius 3 is 2.61 bits per heavy atom. The Labute approximate surface area is 187 Å². The number of likely N-dealkylation sites (N-methyl/N-ethyl adjacent to an activating group) is 1. The zero-order chi connectivity index (χ0) is 19.5. The number of rotatable bonds is 11. The predicted molar refractivity (Wildman–Crippen MR) is 127 cm³/mol. The zero-order valence-corrected chi connectivity index (χ0v) is 20.3. The minimum absolute atomic E-state index is 0. The normalized spacial score (nSPS) is 17.4. The van der Waals surface area contributed by atoms with Crippen molar-refractivity contribution in [2.24, 2.45) is 10.4 Å². The summed E-state index contributed by atoms with van der Waals surface area (Å²) in [7, 11) is 4.14. The highest BCUT2D eigenvalue weighted by Crippen LogP contribution is 2.41. The van der Waals surface area contributed by atoms with E-state index in [1.165, 1.54) is 25.7 Å². The lowest BCUT2D eigenvalue weighted by molar-refractivity contribution is 0.107. The van der Waals surface area contributed by atoms with Crippen LogP contribution in [0.25, 0.3) is 0 Å². The molecule has 1 aromatic heterocycles. The summed E-state index contributed by atoms with van der Waals surface area (Å²) in [5, 5.41) is 6.89. The van der Waals surface area contributed by atoms with Crippen LogP contribution in [0.5, 0.6) is 0 Å². The lowest BCUT2D eigenvalue weighted by Gasteiger charge is -2.28. The van der Waals surface area contributed by atoms with E-state index in [0.29, 0.717) is 5.41 Å². The van der Waals surface area contributed by atoms with Gasteiger partial charge in [-0.05, 0) is 64.8 Å². The third-order valence-electron chi connectivity index (χ3n) is 5.52. The SMILES string of the molecule is CCNC(=NCC1(CCOCC)CCCC1)NCC(c1ccco1)N(C)C.I. The second kappa shape index (κ2) is 13.4. The Bertz CT molecular complexity index is 543. The maximum atomic E-state index is 5.63. The fraction of sp³-hybridized carbons (Fsp3) is 0.762. The van der Waals surface area contributed by atoms with Gasteiger partial charge >= 0.3 is 0 Å². The number of halogens is 1. The Kier molecular flexibility index (Phi) is 12.1. The first-order chi connectivity index (χ1) is 13.1. The number of hydrogen-bond donors (Lipinski definition) is 2. The highest BCUT2D eigenvalue weighted by Gasteiger charge is 2.33. The van der Waals surface area contributed by atoms with E-state index in [-0.39, 0.29) is 30.0 Å². The average molecular weight is 506 g/mol. The number of hydrogen-bond acceptors (Lipinski definition) is 4. The lowest BCUT2D eigenvalue weighted by atomic mass is 9.83. The van der Waals surface area contributed by atoms with Crippen LogP contribution in [0.1, 0.15) is 57.8 Å². The average Bonchev–Trinajstić information content (AvgIpc) is 3.32. The van der Waals surface area contributed by atoms with Crippen molar-refractivity contribution in [1.29, 1.82) is 0 Å². The van der Waals surface area contributed by atoms with Gasteiger partial charge in [-0.3, -0.25) is 9.89 Å². The number of guanidine groups is 1. The summed E-state index contributed by atoms with van der Waals surface area (Å²) in [5.41, 5.74) is 0.305. The van der Waals surface area contributed by atoms with Crippen LogP contribution in [0.15, 0.2) is 27.8 Å². The summed E-state index contributed by atoms with van der Waals surface area (Å²) in [5.74, 6) is 1.85. The van der Waals surface area contributed by atoms with Crippen molar-refractivity contribution in [1.82, 2.24) is 15.5 Å². The maximum absolute atomic E-state index is 5.63. The largest absolute Gasteiger partial charge is 0.468 e.